The fourth-order valence-electron chi connectivity index (χ4n) is 4.25. The van der Waals surface area contributed by atoms with Gasteiger partial charge < -0.3 is 10.2 Å². The number of carbonyl (C=O) groups is 1. The second kappa shape index (κ2) is 8.64. The van der Waals surface area contributed by atoms with Gasteiger partial charge in [0.1, 0.15) is 11.5 Å². The number of imidazole rings is 1. The fourth-order valence-corrected chi connectivity index (χ4v) is 4.25. The Morgan fingerprint density at radius 2 is 2.21 bits per heavy atom. The molecule has 1 atom stereocenters. The van der Waals surface area contributed by atoms with E-state index < -0.39 is 0 Å². The second-order valence-electron chi connectivity index (χ2n) is 7.80. The molecule has 1 aromatic carbocycles. The number of fused-ring (bicyclic) bond motifs is 1. The molecule has 1 saturated heterocycles. The number of nitrogens with one attached hydrogen (secondary N) is 1. The molecule has 4 rings (SSSR count). The Hall–Kier alpha value is -2.89. The number of aromatic nitrogens is 3. The Labute approximate surface area is 172 Å². The van der Waals surface area contributed by atoms with Crippen molar-refractivity contribution >= 4 is 17.4 Å². The third-order valence-corrected chi connectivity index (χ3v) is 5.77. The maximum Gasteiger partial charge on any atom is 0.224 e. The first-order valence-corrected chi connectivity index (χ1v) is 10.6. The summed E-state index contributed by atoms with van der Waals surface area (Å²) >= 11 is 0. The lowest BCUT2D eigenvalue weighted by Gasteiger charge is -2.35. The maximum atomic E-state index is 12.8. The molecule has 0 aliphatic carbocycles. The van der Waals surface area contributed by atoms with Gasteiger partial charge in [-0.15, -0.1) is 0 Å². The number of aryl methyl sites for hydroxylation is 1. The van der Waals surface area contributed by atoms with Crippen LogP contribution < -0.4 is 5.32 Å². The van der Waals surface area contributed by atoms with Crippen LogP contribution in [0.15, 0.2) is 42.9 Å². The average molecular weight is 392 g/mol. The highest BCUT2D eigenvalue weighted by Crippen LogP contribution is 2.29. The van der Waals surface area contributed by atoms with Crippen molar-refractivity contribution in [3.8, 4) is 11.3 Å². The van der Waals surface area contributed by atoms with Gasteiger partial charge in [0.25, 0.3) is 0 Å². The van der Waals surface area contributed by atoms with E-state index in [1.807, 2.05) is 16.7 Å². The minimum atomic E-state index is 0.247. The van der Waals surface area contributed by atoms with Crippen LogP contribution in [0, 0.1) is 6.92 Å². The third-order valence-electron chi connectivity index (χ3n) is 5.77. The van der Waals surface area contributed by atoms with Crippen molar-refractivity contribution in [1.82, 2.24) is 19.3 Å². The molecular formula is C23H29N5O. The van der Waals surface area contributed by atoms with Crippen molar-refractivity contribution in [1.29, 1.82) is 0 Å². The third kappa shape index (κ3) is 4.11. The van der Waals surface area contributed by atoms with Crippen LogP contribution in [0.4, 0.5) is 5.82 Å². The first kappa shape index (κ1) is 19.4. The number of benzene rings is 1. The van der Waals surface area contributed by atoms with E-state index >= 15 is 0 Å². The van der Waals surface area contributed by atoms with Gasteiger partial charge in [0.05, 0.1) is 6.20 Å². The summed E-state index contributed by atoms with van der Waals surface area (Å²) in [6, 6.07) is 8.72. The summed E-state index contributed by atoms with van der Waals surface area (Å²) in [7, 11) is 0. The van der Waals surface area contributed by atoms with E-state index in [0.717, 1.165) is 48.5 Å². The molecule has 1 N–H and O–H groups in total. The van der Waals surface area contributed by atoms with Crippen LogP contribution in [0.1, 0.15) is 44.6 Å². The Bertz CT molecular complexity index is 996. The van der Waals surface area contributed by atoms with E-state index in [9.17, 15) is 4.79 Å². The minimum Gasteiger partial charge on any atom is -0.369 e. The van der Waals surface area contributed by atoms with Crippen LogP contribution in [-0.2, 0) is 4.79 Å². The highest BCUT2D eigenvalue weighted by atomic mass is 16.2. The average Bonchev–Trinajstić information content (AvgIpc) is 3.12. The van der Waals surface area contributed by atoms with E-state index in [4.69, 9.17) is 4.98 Å². The Morgan fingerprint density at radius 3 is 3.03 bits per heavy atom. The molecule has 3 heterocycles. The van der Waals surface area contributed by atoms with Crippen molar-refractivity contribution in [2.75, 3.05) is 18.4 Å². The standard InChI is InChI=1S/C23H29N5O/c1-3-19-9-4-5-13-27(19)21(29)10-11-25-23-22(18-8-6-7-17(2)15-18)26-20-16-24-12-14-28(20)23/h6-8,12,14-16,19,25H,3-5,9-11,13H2,1-2H3/t19-/m1/s1. The summed E-state index contributed by atoms with van der Waals surface area (Å²) in [4.78, 5) is 23.9. The van der Waals surface area contributed by atoms with Crippen LogP contribution in [0.25, 0.3) is 16.9 Å². The molecule has 1 aliphatic heterocycles. The van der Waals surface area contributed by atoms with Gasteiger partial charge in [-0.25, -0.2) is 4.98 Å². The fraction of sp³-hybridized carbons (Fsp3) is 0.435. The number of piperidine rings is 1. The molecule has 29 heavy (non-hydrogen) atoms. The Morgan fingerprint density at radius 1 is 1.31 bits per heavy atom. The molecule has 0 saturated carbocycles. The molecule has 6 nitrogen and oxygen atoms in total. The normalized spacial score (nSPS) is 16.9. The Kier molecular flexibility index (Phi) is 5.79. The summed E-state index contributed by atoms with van der Waals surface area (Å²) in [5.74, 6) is 1.16. The van der Waals surface area contributed by atoms with Gasteiger partial charge in [-0.3, -0.25) is 14.2 Å². The van der Waals surface area contributed by atoms with Gasteiger partial charge in [0.15, 0.2) is 5.65 Å². The summed E-state index contributed by atoms with van der Waals surface area (Å²) in [6.07, 6.45) is 10.4. The number of anilines is 1. The van der Waals surface area contributed by atoms with Crippen molar-refractivity contribution in [2.24, 2.45) is 0 Å². The summed E-state index contributed by atoms with van der Waals surface area (Å²) < 4.78 is 2.00. The first-order chi connectivity index (χ1) is 14.2. The minimum absolute atomic E-state index is 0.247. The number of likely N-dealkylation sites (tertiary alicyclic amines) is 1. The first-order valence-electron chi connectivity index (χ1n) is 10.6. The number of rotatable bonds is 6. The predicted octanol–water partition coefficient (Wildman–Crippen LogP) is 4.30. The second-order valence-corrected chi connectivity index (χ2v) is 7.80. The molecular weight excluding hydrogens is 362 g/mol. The topological polar surface area (TPSA) is 62.5 Å². The largest absolute Gasteiger partial charge is 0.369 e. The number of nitrogens with zero attached hydrogens (tertiary/aromatic N) is 4. The van der Waals surface area contributed by atoms with Crippen LogP contribution in [-0.4, -0.2) is 44.3 Å². The zero-order chi connectivity index (χ0) is 20.2. The zero-order valence-corrected chi connectivity index (χ0v) is 17.3. The van der Waals surface area contributed by atoms with Gasteiger partial charge >= 0.3 is 0 Å². The van der Waals surface area contributed by atoms with Gasteiger partial charge in [-0.1, -0.05) is 30.7 Å². The molecule has 2 aromatic heterocycles. The number of hydrogen-bond donors (Lipinski definition) is 1. The number of hydrogen-bond acceptors (Lipinski definition) is 4. The molecule has 1 fully saturated rings. The van der Waals surface area contributed by atoms with Crippen LogP contribution in [0.2, 0.25) is 0 Å². The van der Waals surface area contributed by atoms with Crippen LogP contribution in [0.3, 0.4) is 0 Å². The van der Waals surface area contributed by atoms with E-state index in [1.165, 1.54) is 12.0 Å². The lowest BCUT2D eigenvalue weighted by molar-refractivity contribution is -0.134. The number of amides is 1. The molecule has 6 heteroatoms. The van der Waals surface area contributed by atoms with E-state index in [2.05, 4.69) is 47.2 Å². The lowest BCUT2D eigenvalue weighted by atomic mass is 9.99. The summed E-state index contributed by atoms with van der Waals surface area (Å²) in [6.45, 7) is 5.73. The molecule has 152 valence electrons. The highest BCUT2D eigenvalue weighted by Gasteiger charge is 2.25. The quantitative estimate of drug-likeness (QED) is 0.681. The molecule has 1 amide bonds. The molecule has 0 radical (unpaired) electrons. The highest BCUT2D eigenvalue weighted by molar-refractivity contribution is 5.79. The van der Waals surface area contributed by atoms with E-state index in [-0.39, 0.29) is 5.91 Å². The van der Waals surface area contributed by atoms with Crippen molar-refractivity contribution in [2.45, 2.75) is 52.0 Å². The SMILES string of the molecule is CC[C@@H]1CCCCN1C(=O)CCNc1c(-c2cccc(C)c2)nc2cnccn12. The van der Waals surface area contributed by atoms with Crippen LogP contribution >= 0.6 is 0 Å². The van der Waals surface area contributed by atoms with Crippen molar-refractivity contribution in [3.05, 3.63) is 48.4 Å². The van der Waals surface area contributed by atoms with Crippen molar-refractivity contribution < 1.29 is 4.79 Å². The smallest absolute Gasteiger partial charge is 0.224 e. The monoisotopic (exact) mass is 391 g/mol. The number of carbonyl (C=O) groups excluding carboxylic acids is 1. The zero-order valence-electron chi connectivity index (χ0n) is 17.3. The van der Waals surface area contributed by atoms with Crippen LogP contribution in [0.5, 0.6) is 0 Å². The van der Waals surface area contributed by atoms with Gasteiger partial charge in [0.2, 0.25) is 5.91 Å². The molecule has 0 unspecified atom stereocenters. The molecule has 1 aliphatic rings. The Balaban J connectivity index is 1.53. The predicted molar refractivity (Wildman–Crippen MR) is 116 cm³/mol. The van der Waals surface area contributed by atoms with Gasteiger partial charge in [-0.05, 0) is 38.7 Å². The van der Waals surface area contributed by atoms with Gasteiger partial charge in [0, 0.05) is 43.5 Å². The maximum absolute atomic E-state index is 12.8. The molecule has 3 aromatic rings. The van der Waals surface area contributed by atoms with Crippen molar-refractivity contribution in [3.63, 3.8) is 0 Å². The summed E-state index contributed by atoms with van der Waals surface area (Å²) in [5.41, 5.74) is 3.93. The van der Waals surface area contributed by atoms with Gasteiger partial charge in [-0.2, -0.15) is 0 Å². The molecule has 0 spiro atoms. The van der Waals surface area contributed by atoms with E-state index in [1.54, 1.807) is 12.4 Å². The summed E-state index contributed by atoms with van der Waals surface area (Å²) in [5, 5.41) is 3.48. The van der Waals surface area contributed by atoms with E-state index in [0.29, 0.717) is 19.0 Å². The molecule has 0 bridgehead atoms. The lowest BCUT2D eigenvalue weighted by Crippen LogP contribution is -2.43.